The quantitative estimate of drug-likeness (QED) is 0.727. The summed E-state index contributed by atoms with van der Waals surface area (Å²) in [7, 11) is 0. The SMILES string of the molecule is CC(C)(C)c1nnc(Cl)n1-c1c(Cl)cc(F)cc1Br. The lowest BCUT2D eigenvalue weighted by Crippen LogP contribution is -2.18. The van der Waals surface area contributed by atoms with Crippen LogP contribution in [0.4, 0.5) is 4.39 Å². The zero-order valence-corrected chi connectivity index (χ0v) is 13.6. The molecule has 0 aliphatic rings. The Morgan fingerprint density at radius 1 is 1.21 bits per heavy atom. The fraction of sp³-hybridized carbons (Fsp3) is 0.333. The van der Waals surface area contributed by atoms with E-state index in [2.05, 4.69) is 26.1 Å². The van der Waals surface area contributed by atoms with Crippen LogP contribution in [0.1, 0.15) is 26.6 Å². The number of aromatic nitrogens is 3. The molecule has 2 aromatic rings. The highest BCUT2D eigenvalue weighted by molar-refractivity contribution is 9.10. The van der Waals surface area contributed by atoms with Gasteiger partial charge in [-0.15, -0.1) is 10.2 Å². The first-order valence-electron chi connectivity index (χ1n) is 5.48. The molecular weight excluding hydrogens is 356 g/mol. The predicted octanol–water partition coefficient (Wildman–Crippen LogP) is 4.77. The van der Waals surface area contributed by atoms with Gasteiger partial charge in [0, 0.05) is 9.89 Å². The van der Waals surface area contributed by atoms with Gasteiger partial charge in [-0.2, -0.15) is 0 Å². The molecule has 0 fully saturated rings. The Labute approximate surface area is 128 Å². The van der Waals surface area contributed by atoms with Gasteiger partial charge in [0.1, 0.15) is 11.6 Å². The molecule has 2 rings (SSSR count). The third-order valence-electron chi connectivity index (χ3n) is 2.50. The third-order valence-corrected chi connectivity index (χ3v) is 3.64. The number of hydrogen-bond donors (Lipinski definition) is 0. The summed E-state index contributed by atoms with van der Waals surface area (Å²) in [5.41, 5.74) is 0.250. The number of benzene rings is 1. The van der Waals surface area contributed by atoms with Crippen molar-refractivity contribution in [2.24, 2.45) is 0 Å². The van der Waals surface area contributed by atoms with Crippen molar-refractivity contribution in [1.29, 1.82) is 0 Å². The van der Waals surface area contributed by atoms with Crippen molar-refractivity contribution in [3.8, 4) is 5.69 Å². The second-order valence-corrected chi connectivity index (χ2v) is 6.70. The molecule has 0 atom stereocenters. The van der Waals surface area contributed by atoms with Crippen LogP contribution < -0.4 is 0 Å². The highest BCUT2D eigenvalue weighted by Crippen LogP contribution is 2.35. The van der Waals surface area contributed by atoms with E-state index in [4.69, 9.17) is 23.2 Å². The van der Waals surface area contributed by atoms with Gasteiger partial charge in [-0.3, -0.25) is 4.57 Å². The average molecular weight is 367 g/mol. The van der Waals surface area contributed by atoms with E-state index in [1.54, 1.807) is 4.57 Å². The van der Waals surface area contributed by atoms with Crippen molar-refractivity contribution >= 4 is 39.1 Å². The van der Waals surface area contributed by atoms with Gasteiger partial charge in [0.2, 0.25) is 5.28 Å². The summed E-state index contributed by atoms with van der Waals surface area (Å²) in [6, 6.07) is 2.55. The van der Waals surface area contributed by atoms with Gasteiger partial charge in [0.25, 0.3) is 0 Å². The Kier molecular flexibility index (Phi) is 3.91. The normalized spacial score (nSPS) is 11.9. The summed E-state index contributed by atoms with van der Waals surface area (Å²) in [5.74, 6) is 0.217. The highest BCUT2D eigenvalue weighted by atomic mass is 79.9. The molecule has 1 aromatic carbocycles. The Morgan fingerprint density at radius 3 is 2.37 bits per heavy atom. The van der Waals surface area contributed by atoms with Crippen LogP contribution >= 0.6 is 39.1 Å². The van der Waals surface area contributed by atoms with Gasteiger partial charge in [-0.25, -0.2) is 4.39 Å². The molecule has 0 aliphatic carbocycles. The Hall–Kier alpha value is -0.650. The van der Waals surface area contributed by atoms with Crippen LogP contribution in [0.25, 0.3) is 5.69 Å². The topological polar surface area (TPSA) is 30.7 Å². The fourth-order valence-electron chi connectivity index (χ4n) is 1.70. The van der Waals surface area contributed by atoms with Crippen molar-refractivity contribution in [3.05, 3.63) is 38.6 Å². The van der Waals surface area contributed by atoms with E-state index in [9.17, 15) is 4.39 Å². The Bertz CT molecular complexity index is 611. The monoisotopic (exact) mass is 365 g/mol. The first-order valence-corrected chi connectivity index (χ1v) is 7.03. The number of halogens is 4. The van der Waals surface area contributed by atoms with E-state index in [1.165, 1.54) is 12.1 Å². The highest BCUT2D eigenvalue weighted by Gasteiger charge is 2.26. The minimum atomic E-state index is -0.429. The molecule has 0 aliphatic heterocycles. The van der Waals surface area contributed by atoms with E-state index in [0.29, 0.717) is 16.0 Å². The maximum Gasteiger partial charge on any atom is 0.229 e. The van der Waals surface area contributed by atoms with Crippen molar-refractivity contribution in [1.82, 2.24) is 14.8 Å². The molecule has 0 spiro atoms. The minimum absolute atomic E-state index is 0.180. The maximum absolute atomic E-state index is 13.3. The summed E-state index contributed by atoms with van der Waals surface area (Å²) in [5, 5.41) is 8.36. The zero-order valence-electron chi connectivity index (χ0n) is 10.5. The van der Waals surface area contributed by atoms with Crippen molar-refractivity contribution in [3.63, 3.8) is 0 Å². The zero-order chi connectivity index (χ0) is 14.4. The van der Waals surface area contributed by atoms with E-state index < -0.39 is 5.82 Å². The van der Waals surface area contributed by atoms with Crippen molar-refractivity contribution < 1.29 is 4.39 Å². The Balaban J connectivity index is 2.77. The molecule has 0 saturated heterocycles. The predicted molar refractivity (Wildman–Crippen MR) is 77.7 cm³/mol. The summed E-state index contributed by atoms with van der Waals surface area (Å²) in [4.78, 5) is 0. The number of rotatable bonds is 1. The molecule has 0 saturated carbocycles. The van der Waals surface area contributed by atoms with Gasteiger partial charge in [0.15, 0.2) is 0 Å². The molecule has 0 amide bonds. The molecule has 1 aromatic heterocycles. The summed E-state index contributed by atoms with van der Waals surface area (Å²) in [6.07, 6.45) is 0. The van der Waals surface area contributed by atoms with Crippen LogP contribution in [0, 0.1) is 5.82 Å². The molecule has 102 valence electrons. The van der Waals surface area contributed by atoms with Gasteiger partial charge in [0.05, 0.1) is 10.7 Å². The van der Waals surface area contributed by atoms with Gasteiger partial charge in [-0.05, 0) is 39.7 Å². The summed E-state index contributed by atoms with van der Waals surface area (Å²) in [6.45, 7) is 5.94. The smallest absolute Gasteiger partial charge is 0.229 e. The van der Waals surface area contributed by atoms with Crippen LogP contribution in [0.2, 0.25) is 10.3 Å². The largest absolute Gasteiger partial charge is 0.267 e. The number of hydrogen-bond acceptors (Lipinski definition) is 2. The minimum Gasteiger partial charge on any atom is -0.267 e. The molecule has 19 heavy (non-hydrogen) atoms. The van der Waals surface area contributed by atoms with Gasteiger partial charge in [-0.1, -0.05) is 32.4 Å². The summed E-state index contributed by atoms with van der Waals surface area (Å²) < 4.78 is 15.4. The second kappa shape index (κ2) is 5.04. The lowest BCUT2D eigenvalue weighted by atomic mass is 9.95. The van der Waals surface area contributed by atoms with E-state index >= 15 is 0 Å². The van der Waals surface area contributed by atoms with Crippen LogP contribution in [0.15, 0.2) is 16.6 Å². The lowest BCUT2D eigenvalue weighted by molar-refractivity contribution is 0.532. The fourth-order valence-corrected chi connectivity index (χ4v) is 2.91. The number of nitrogens with zero attached hydrogens (tertiary/aromatic N) is 3. The first-order chi connectivity index (χ1) is 8.71. The molecule has 0 N–H and O–H groups in total. The average Bonchev–Trinajstić information content (AvgIpc) is 2.59. The summed E-state index contributed by atoms with van der Waals surface area (Å²) >= 11 is 15.5. The maximum atomic E-state index is 13.3. The standard InChI is InChI=1S/C12H11BrCl2FN3/c1-12(2,3)10-17-18-11(15)19(10)9-7(13)4-6(16)5-8(9)14/h4-5H,1-3H3. The lowest BCUT2D eigenvalue weighted by Gasteiger charge is -2.20. The molecule has 0 radical (unpaired) electrons. The molecule has 7 heteroatoms. The van der Waals surface area contributed by atoms with E-state index in [-0.39, 0.29) is 15.7 Å². The molecule has 1 heterocycles. The Morgan fingerprint density at radius 2 is 1.84 bits per heavy atom. The second-order valence-electron chi connectivity index (χ2n) is 5.10. The van der Waals surface area contributed by atoms with Gasteiger partial charge >= 0.3 is 0 Å². The van der Waals surface area contributed by atoms with E-state index in [1.807, 2.05) is 20.8 Å². The van der Waals surface area contributed by atoms with Crippen LogP contribution in [0.5, 0.6) is 0 Å². The first kappa shape index (κ1) is 14.8. The molecule has 0 bridgehead atoms. The van der Waals surface area contributed by atoms with Crippen molar-refractivity contribution in [2.45, 2.75) is 26.2 Å². The van der Waals surface area contributed by atoms with E-state index in [0.717, 1.165) is 0 Å². The van der Waals surface area contributed by atoms with Gasteiger partial charge < -0.3 is 0 Å². The molecule has 0 unspecified atom stereocenters. The van der Waals surface area contributed by atoms with Crippen LogP contribution in [-0.2, 0) is 5.41 Å². The van der Waals surface area contributed by atoms with Crippen LogP contribution in [-0.4, -0.2) is 14.8 Å². The molecule has 3 nitrogen and oxygen atoms in total. The molecular formula is C12H11BrCl2FN3. The third kappa shape index (κ3) is 2.78. The van der Waals surface area contributed by atoms with Crippen LogP contribution in [0.3, 0.4) is 0 Å². The van der Waals surface area contributed by atoms with Crippen molar-refractivity contribution in [2.75, 3.05) is 0 Å².